The molecule has 2 aromatic rings. The summed E-state index contributed by atoms with van der Waals surface area (Å²) in [7, 11) is 0. The Morgan fingerprint density at radius 3 is 2.89 bits per heavy atom. The fourth-order valence-corrected chi connectivity index (χ4v) is 3.25. The monoisotopic (exact) mass is 392 g/mol. The first-order valence-electron chi connectivity index (χ1n) is 5.26. The van der Waals surface area contributed by atoms with Gasteiger partial charge in [0.05, 0.1) is 21.4 Å². The van der Waals surface area contributed by atoms with Crippen molar-refractivity contribution in [3.63, 3.8) is 0 Å². The van der Waals surface area contributed by atoms with Gasteiger partial charge in [-0.2, -0.15) is 0 Å². The molecule has 0 aromatic carbocycles. The van der Waals surface area contributed by atoms with Gasteiger partial charge in [0, 0.05) is 10.9 Å². The van der Waals surface area contributed by atoms with E-state index in [0.29, 0.717) is 17.3 Å². The molecule has 2 aromatic heterocycles. The molecule has 0 bridgehead atoms. The van der Waals surface area contributed by atoms with Crippen LogP contribution in [0.3, 0.4) is 0 Å². The van der Waals surface area contributed by atoms with Crippen molar-refractivity contribution in [1.82, 2.24) is 10.3 Å². The van der Waals surface area contributed by atoms with Crippen LogP contribution >= 0.6 is 43.2 Å². The Labute approximate surface area is 125 Å². The Morgan fingerprint density at radius 1 is 1.56 bits per heavy atom. The highest BCUT2D eigenvalue weighted by atomic mass is 79.9. The van der Waals surface area contributed by atoms with Crippen LogP contribution in [0.25, 0.3) is 0 Å². The molecule has 0 fully saturated rings. The number of halogens is 2. The zero-order valence-corrected chi connectivity index (χ0v) is 13.5. The van der Waals surface area contributed by atoms with E-state index in [4.69, 9.17) is 4.42 Å². The minimum absolute atomic E-state index is 0.136. The number of carbonyl (C=O) groups is 1. The molecule has 18 heavy (non-hydrogen) atoms. The molecule has 0 aliphatic heterocycles. The molecule has 0 aliphatic rings. The second-order valence-electron chi connectivity index (χ2n) is 3.49. The lowest BCUT2D eigenvalue weighted by molar-refractivity contribution is 0.0951. The number of nitrogens with one attached hydrogen (secondary N) is 1. The third-order valence-corrected chi connectivity index (χ3v) is 5.47. The first kappa shape index (κ1) is 13.8. The van der Waals surface area contributed by atoms with Gasteiger partial charge >= 0.3 is 0 Å². The molecule has 1 N–H and O–H groups in total. The molecule has 2 heterocycles. The summed E-state index contributed by atoms with van der Waals surface area (Å²) in [6, 6.07) is 1.77. The Balaban J connectivity index is 1.95. The van der Waals surface area contributed by atoms with Crippen molar-refractivity contribution in [2.75, 3.05) is 0 Å². The summed E-state index contributed by atoms with van der Waals surface area (Å²) in [5, 5.41) is 2.77. The van der Waals surface area contributed by atoms with Gasteiger partial charge in [0.15, 0.2) is 0 Å². The number of nitrogens with zero attached hydrogens (tertiary/aromatic N) is 1. The molecule has 0 saturated carbocycles. The molecular formula is C11H10Br2N2O2S. The Morgan fingerprint density at radius 2 is 2.33 bits per heavy atom. The van der Waals surface area contributed by atoms with Crippen molar-refractivity contribution < 1.29 is 9.21 Å². The second kappa shape index (κ2) is 5.99. The highest BCUT2D eigenvalue weighted by Crippen LogP contribution is 2.32. The van der Waals surface area contributed by atoms with Gasteiger partial charge in [0.25, 0.3) is 5.91 Å². The third-order valence-electron chi connectivity index (χ3n) is 2.22. The quantitative estimate of drug-likeness (QED) is 0.860. The third kappa shape index (κ3) is 3.21. The largest absolute Gasteiger partial charge is 0.444 e. The summed E-state index contributed by atoms with van der Waals surface area (Å²) < 4.78 is 7.18. The van der Waals surface area contributed by atoms with E-state index in [9.17, 15) is 4.79 Å². The Hall–Kier alpha value is -0.660. The fraction of sp³-hybridized carbons (Fsp3) is 0.273. The lowest BCUT2D eigenvalue weighted by Crippen LogP contribution is -2.21. The van der Waals surface area contributed by atoms with E-state index in [2.05, 4.69) is 42.2 Å². The summed E-state index contributed by atoms with van der Waals surface area (Å²) in [6.07, 6.45) is 2.48. The highest BCUT2D eigenvalue weighted by Gasteiger charge is 2.12. The van der Waals surface area contributed by atoms with Gasteiger partial charge in [0.1, 0.15) is 5.76 Å². The maximum absolute atomic E-state index is 11.8. The number of thiophene rings is 1. The fourth-order valence-electron chi connectivity index (χ4n) is 1.29. The molecule has 0 atom stereocenters. The molecule has 0 radical (unpaired) electrons. The molecule has 0 aliphatic carbocycles. The molecule has 96 valence electrons. The average molecular weight is 394 g/mol. The minimum Gasteiger partial charge on any atom is -0.444 e. The normalized spacial score (nSPS) is 10.6. The van der Waals surface area contributed by atoms with E-state index in [0.717, 1.165) is 20.4 Å². The van der Waals surface area contributed by atoms with Gasteiger partial charge in [-0.25, -0.2) is 4.98 Å². The van der Waals surface area contributed by atoms with Crippen molar-refractivity contribution in [3.05, 3.63) is 37.1 Å². The maximum atomic E-state index is 11.8. The van der Waals surface area contributed by atoms with Crippen molar-refractivity contribution in [2.45, 2.75) is 19.9 Å². The van der Waals surface area contributed by atoms with Crippen molar-refractivity contribution in [1.29, 1.82) is 0 Å². The molecule has 2 rings (SSSR count). The molecule has 1 amide bonds. The minimum atomic E-state index is -0.136. The summed E-state index contributed by atoms with van der Waals surface area (Å²) in [6.45, 7) is 2.29. The van der Waals surface area contributed by atoms with Crippen molar-refractivity contribution >= 4 is 49.1 Å². The predicted octanol–water partition coefficient (Wildman–Crippen LogP) is 3.75. The molecule has 7 heteroatoms. The van der Waals surface area contributed by atoms with Gasteiger partial charge < -0.3 is 9.73 Å². The number of hydrogen-bond acceptors (Lipinski definition) is 4. The van der Waals surface area contributed by atoms with Gasteiger partial charge in [-0.05, 0) is 37.9 Å². The summed E-state index contributed by atoms with van der Waals surface area (Å²) in [5.74, 6) is 1.21. The lowest BCUT2D eigenvalue weighted by Gasteiger charge is -1.99. The van der Waals surface area contributed by atoms with Crippen LogP contribution in [0.5, 0.6) is 0 Å². The van der Waals surface area contributed by atoms with E-state index in [1.165, 1.54) is 11.3 Å². The van der Waals surface area contributed by atoms with Gasteiger partial charge in [-0.1, -0.05) is 6.92 Å². The molecule has 4 nitrogen and oxygen atoms in total. The SMILES string of the molecule is CCc1cnc(CNC(=O)c2cc(Br)c(Br)s2)o1. The lowest BCUT2D eigenvalue weighted by atomic mass is 10.4. The number of rotatable bonds is 4. The van der Waals surface area contributed by atoms with Crippen LogP contribution in [-0.2, 0) is 13.0 Å². The first-order chi connectivity index (χ1) is 8.60. The number of aromatic nitrogens is 1. The van der Waals surface area contributed by atoms with E-state index < -0.39 is 0 Å². The summed E-state index contributed by atoms with van der Waals surface area (Å²) in [5.41, 5.74) is 0. The predicted molar refractivity (Wildman–Crippen MR) is 76.8 cm³/mol. The molecule has 0 spiro atoms. The van der Waals surface area contributed by atoms with Gasteiger partial charge in [-0.3, -0.25) is 4.79 Å². The van der Waals surface area contributed by atoms with Crippen LogP contribution in [0.2, 0.25) is 0 Å². The number of amides is 1. The molecular weight excluding hydrogens is 384 g/mol. The zero-order chi connectivity index (χ0) is 13.1. The maximum Gasteiger partial charge on any atom is 0.261 e. The van der Waals surface area contributed by atoms with Crippen molar-refractivity contribution in [2.24, 2.45) is 0 Å². The summed E-state index contributed by atoms with van der Waals surface area (Å²) >= 11 is 8.07. The van der Waals surface area contributed by atoms with E-state index in [1.54, 1.807) is 12.3 Å². The van der Waals surface area contributed by atoms with Crippen LogP contribution in [0, 0.1) is 0 Å². The van der Waals surface area contributed by atoms with E-state index in [1.807, 2.05) is 6.92 Å². The Kier molecular flexibility index (Phi) is 4.58. The highest BCUT2D eigenvalue weighted by molar-refractivity contribution is 9.13. The molecule has 0 saturated heterocycles. The zero-order valence-electron chi connectivity index (χ0n) is 9.50. The number of hydrogen-bond donors (Lipinski definition) is 1. The van der Waals surface area contributed by atoms with Crippen LogP contribution in [0.15, 0.2) is 24.9 Å². The smallest absolute Gasteiger partial charge is 0.261 e. The van der Waals surface area contributed by atoms with Crippen LogP contribution < -0.4 is 5.32 Å². The van der Waals surface area contributed by atoms with Crippen molar-refractivity contribution in [3.8, 4) is 0 Å². The van der Waals surface area contributed by atoms with Gasteiger partial charge in [0.2, 0.25) is 5.89 Å². The average Bonchev–Trinajstić information content (AvgIpc) is 2.94. The van der Waals surface area contributed by atoms with E-state index >= 15 is 0 Å². The van der Waals surface area contributed by atoms with Crippen LogP contribution in [0.4, 0.5) is 0 Å². The van der Waals surface area contributed by atoms with Gasteiger partial charge in [-0.15, -0.1) is 11.3 Å². The Bertz CT molecular complexity index is 546. The number of carbonyl (C=O) groups excluding carboxylic acids is 1. The first-order valence-corrected chi connectivity index (χ1v) is 7.67. The summed E-state index contributed by atoms with van der Waals surface area (Å²) in [4.78, 5) is 16.6. The van der Waals surface area contributed by atoms with Crippen LogP contribution in [-0.4, -0.2) is 10.9 Å². The number of oxazole rings is 1. The number of aryl methyl sites for hydroxylation is 1. The second-order valence-corrected chi connectivity index (χ2v) is 6.71. The topological polar surface area (TPSA) is 55.1 Å². The van der Waals surface area contributed by atoms with E-state index in [-0.39, 0.29) is 5.91 Å². The standard InChI is InChI=1S/C11H10Br2N2O2S/c1-2-6-4-14-9(17-6)5-15-11(16)8-3-7(12)10(13)18-8/h3-4H,2,5H2,1H3,(H,15,16). The van der Waals surface area contributed by atoms with Crippen LogP contribution in [0.1, 0.15) is 28.2 Å². The molecule has 0 unspecified atom stereocenters.